The zero-order valence-corrected chi connectivity index (χ0v) is 15.4. The Kier molecular flexibility index (Phi) is 6.09. The Morgan fingerprint density at radius 3 is 2.62 bits per heavy atom. The van der Waals surface area contributed by atoms with Gasteiger partial charge in [0.05, 0.1) is 18.8 Å². The van der Waals surface area contributed by atoms with Crippen LogP contribution in [0.1, 0.15) is 29.8 Å². The molecule has 0 unspecified atom stereocenters. The van der Waals surface area contributed by atoms with Crippen molar-refractivity contribution in [1.82, 2.24) is 5.32 Å². The molecule has 0 atom stereocenters. The minimum atomic E-state index is -0.231. The van der Waals surface area contributed by atoms with Crippen LogP contribution in [0.5, 0.6) is 17.2 Å². The molecule has 128 valence electrons. The van der Waals surface area contributed by atoms with Gasteiger partial charge in [0.2, 0.25) is 0 Å². The number of rotatable bonds is 6. The van der Waals surface area contributed by atoms with Crippen LogP contribution in [0.4, 0.5) is 0 Å². The number of halogens is 1. The molecule has 1 amide bonds. The summed E-state index contributed by atoms with van der Waals surface area (Å²) in [5.41, 5.74) is 1.29. The molecule has 0 bridgehead atoms. The lowest BCUT2D eigenvalue weighted by atomic mass is 10.1. The highest BCUT2D eigenvalue weighted by Gasteiger charge is 2.14. The van der Waals surface area contributed by atoms with Gasteiger partial charge in [-0.15, -0.1) is 0 Å². The summed E-state index contributed by atoms with van der Waals surface area (Å²) in [7, 11) is 1.48. The Labute approximate surface area is 149 Å². The van der Waals surface area contributed by atoms with E-state index in [9.17, 15) is 9.90 Å². The molecule has 2 rings (SSSR count). The molecule has 2 aromatic carbocycles. The number of benzene rings is 2. The number of phenolic OH excluding ortho intramolecular Hbond substituents is 1. The fraction of sp³-hybridized carbons (Fsp3) is 0.278. The third-order valence-corrected chi connectivity index (χ3v) is 3.74. The van der Waals surface area contributed by atoms with E-state index in [-0.39, 0.29) is 17.8 Å². The molecule has 0 aliphatic heterocycles. The molecule has 0 radical (unpaired) electrons. The number of hydrogen-bond acceptors (Lipinski definition) is 4. The second-order valence-corrected chi connectivity index (χ2v) is 6.41. The van der Waals surface area contributed by atoms with Gasteiger partial charge in [0, 0.05) is 11.0 Å². The third kappa shape index (κ3) is 4.64. The number of aromatic hydroxyl groups is 1. The maximum absolute atomic E-state index is 12.5. The highest BCUT2D eigenvalue weighted by atomic mass is 79.9. The van der Waals surface area contributed by atoms with E-state index in [1.807, 2.05) is 13.8 Å². The van der Waals surface area contributed by atoms with Gasteiger partial charge in [-0.2, -0.15) is 0 Å². The third-order valence-electron chi connectivity index (χ3n) is 3.25. The first kappa shape index (κ1) is 18.1. The minimum absolute atomic E-state index is 0.0350. The van der Waals surface area contributed by atoms with Gasteiger partial charge in [0.25, 0.3) is 5.91 Å². The lowest BCUT2D eigenvalue weighted by Gasteiger charge is -2.15. The number of methoxy groups -OCH3 is 1. The van der Waals surface area contributed by atoms with Crippen LogP contribution in [0, 0.1) is 0 Å². The average Bonchev–Trinajstić information content (AvgIpc) is 2.53. The fourth-order valence-corrected chi connectivity index (χ4v) is 2.48. The van der Waals surface area contributed by atoms with Gasteiger partial charge in [-0.3, -0.25) is 4.79 Å². The predicted octanol–water partition coefficient (Wildman–Crippen LogP) is 3.88. The van der Waals surface area contributed by atoms with E-state index in [0.717, 1.165) is 10.0 Å². The van der Waals surface area contributed by atoms with Crippen molar-refractivity contribution in [2.75, 3.05) is 7.11 Å². The van der Waals surface area contributed by atoms with Gasteiger partial charge in [-0.25, -0.2) is 0 Å². The highest BCUT2D eigenvalue weighted by Crippen LogP contribution is 2.27. The van der Waals surface area contributed by atoms with Crippen LogP contribution in [0.3, 0.4) is 0 Å². The monoisotopic (exact) mass is 393 g/mol. The summed E-state index contributed by atoms with van der Waals surface area (Å²) < 4.78 is 11.6. The van der Waals surface area contributed by atoms with E-state index in [1.165, 1.54) is 13.2 Å². The first-order valence-corrected chi connectivity index (χ1v) is 8.30. The normalized spacial score (nSPS) is 10.5. The van der Waals surface area contributed by atoms with Gasteiger partial charge in [0.1, 0.15) is 5.75 Å². The number of ether oxygens (including phenoxy) is 2. The van der Waals surface area contributed by atoms with Crippen LogP contribution in [0.25, 0.3) is 0 Å². The summed E-state index contributed by atoms with van der Waals surface area (Å²) in [6.45, 7) is 4.13. The number of amides is 1. The molecule has 0 saturated carbocycles. The lowest BCUT2D eigenvalue weighted by molar-refractivity contribution is 0.0945. The van der Waals surface area contributed by atoms with E-state index in [1.54, 1.807) is 30.3 Å². The molecule has 5 nitrogen and oxygen atoms in total. The molecule has 0 spiro atoms. The van der Waals surface area contributed by atoms with E-state index in [2.05, 4.69) is 21.2 Å². The quantitative estimate of drug-likeness (QED) is 0.781. The van der Waals surface area contributed by atoms with Gasteiger partial charge >= 0.3 is 0 Å². The molecule has 0 heterocycles. The SMILES string of the molecule is COc1cc(CNC(=O)c2ccc(Br)cc2OC(C)C)ccc1O. The van der Waals surface area contributed by atoms with Gasteiger partial charge in [-0.05, 0) is 49.7 Å². The van der Waals surface area contributed by atoms with Crippen molar-refractivity contribution in [2.24, 2.45) is 0 Å². The summed E-state index contributed by atoms with van der Waals surface area (Å²) in [5, 5.41) is 12.5. The average molecular weight is 394 g/mol. The van der Waals surface area contributed by atoms with Crippen LogP contribution >= 0.6 is 15.9 Å². The molecule has 2 aromatic rings. The number of hydrogen-bond donors (Lipinski definition) is 2. The molecule has 0 aromatic heterocycles. The highest BCUT2D eigenvalue weighted by molar-refractivity contribution is 9.10. The standard InChI is InChI=1S/C18H20BrNO4/c1-11(2)24-16-9-13(19)5-6-14(16)18(22)20-10-12-4-7-15(21)17(8-12)23-3/h4-9,11,21H,10H2,1-3H3,(H,20,22). The molecule has 2 N–H and O–H groups in total. The molecular formula is C18H20BrNO4. The smallest absolute Gasteiger partial charge is 0.255 e. The summed E-state index contributed by atoms with van der Waals surface area (Å²) in [6.07, 6.45) is -0.0350. The lowest BCUT2D eigenvalue weighted by Crippen LogP contribution is -2.24. The largest absolute Gasteiger partial charge is 0.504 e. The summed E-state index contributed by atoms with van der Waals surface area (Å²) in [6, 6.07) is 10.2. The Bertz CT molecular complexity index is 731. The molecule has 0 aliphatic carbocycles. The van der Waals surface area contributed by atoms with Crippen molar-refractivity contribution in [1.29, 1.82) is 0 Å². The molecule has 0 fully saturated rings. The van der Waals surface area contributed by atoms with Crippen molar-refractivity contribution in [3.05, 3.63) is 52.0 Å². The summed E-state index contributed by atoms with van der Waals surface area (Å²) in [5.74, 6) is 0.729. The Balaban J connectivity index is 2.12. The number of phenols is 1. The fourth-order valence-electron chi connectivity index (χ4n) is 2.14. The second-order valence-electron chi connectivity index (χ2n) is 5.50. The zero-order chi connectivity index (χ0) is 17.7. The second kappa shape index (κ2) is 8.06. The van der Waals surface area contributed by atoms with Crippen LogP contribution in [-0.4, -0.2) is 24.2 Å². The van der Waals surface area contributed by atoms with Gasteiger partial charge < -0.3 is 19.9 Å². The van der Waals surface area contributed by atoms with E-state index < -0.39 is 0 Å². The molecule has 0 aliphatic rings. The van der Waals surface area contributed by atoms with Crippen molar-refractivity contribution < 1.29 is 19.4 Å². The van der Waals surface area contributed by atoms with Crippen molar-refractivity contribution in [3.63, 3.8) is 0 Å². The van der Waals surface area contributed by atoms with Crippen LogP contribution in [0.15, 0.2) is 40.9 Å². The van der Waals surface area contributed by atoms with Crippen LogP contribution in [0.2, 0.25) is 0 Å². The first-order chi connectivity index (χ1) is 11.4. The maximum Gasteiger partial charge on any atom is 0.255 e. The van der Waals surface area contributed by atoms with E-state index >= 15 is 0 Å². The number of carbonyl (C=O) groups is 1. The zero-order valence-electron chi connectivity index (χ0n) is 13.8. The Hall–Kier alpha value is -2.21. The Morgan fingerprint density at radius 2 is 1.96 bits per heavy atom. The van der Waals surface area contributed by atoms with Crippen molar-refractivity contribution in [2.45, 2.75) is 26.5 Å². The molecule has 6 heteroatoms. The van der Waals surface area contributed by atoms with Crippen LogP contribution in [-0.2, 0) is 6.54 Å². The van der Waals surface area contributed by atoms with E-state index in [4.69, 9.17) is 9.47 Å². The number of carbonyl (C=O) groups excluding carboxylic acids is 1. The summed E-state index contributed by atoms with van der Waals surface area (Å²) >= 11 is 3.38. The summed E-state index contributed by atoms with van der Waals surface area (Å²) in [4.78, 5) is 12.5. The van der Waals surface area contributed by atoms with Gasteiger partial charge in [-0.1, -0.05) is 22.0 Å². The molecule has 0 saturated heterocycles. The first-order valence-electron chi connectivity index (χ1n) is 7.51. The molecule has 24 heavy (non-hydrogen) atoms. The molecular weight excluding hydrogens is 374 g/mol. The predicted molar refractivity (Wildman–Crippen MR) is 95.7 cm³/mol. The van der Waals surface area contributed by atoms with Crippen molar-refractivity contribution >= 4 is 21.8 Å². The van der Waals surface area contributed by atoms with Crippen molar-refractivity contribution in [3.8, 4) is 17.2 Å². The van der Waals surface area contributed by atoms with Gasteiger partial charge in [0.15, 0.2) is 11.5 Å². The minimum Gasteiger partial charge on any atom is -0.504 e. The Morgan fingerprint density at radius 1 is 1.21 bits per heavy atom. The van der Waals surface area contributed by atoms with E-state index in [0.29, 0.717) is 23.6 Å². The maximum atomic E-state index is 12.5. The number of nitrogens with one attached hydrogen (secondary N) is 1. The van der Waals surface area contributed by atoms with Crippen LogP contribution < -0.4 is 14.8 Å². The topological polar surface area (TPSA) is 67.8 Å².